The number of nitrogens with one attached hydrogen (secondary N) is 2. The van der Waals surface area contributed by atoms with Gasteiger partial charge in [-0.3, -0.25) is 4.79 Å². The van der Waals surface area contributed by atoms with Gasteiger partial charge >= 0.3 is 0 Å². The van der Waals surface area contributed by atoms with Gasteiger partial charge in [-0.25, -0.2) is 0 Å². The smallest absolute Gasteiger partial charge is 0.237 e. The highest BCUT2D eigenvalue weighted by Gasteiger charge is 2.28. The van der Waals surface area contributed by atoms with Crippen molar-refractivity contribution < 1.29 is 9.90 Å². The van der Waals surface area contributed by atoms with Gasteiger partial charge in [0.2, 0.25) is 5.91 Å². The van der Waals surface area contributed by atoms with E-state index in [1.807, 2.05) is 0 Å². The normalized spacial score (nSPS) is 37.4. The minimum atomic E-state index is -0.219. The predicted octanol–water partition coefficient (Wildman–Crippen LogP) is -0.232. The summed E-state index contributed by atoms with van der Waals surface area (Å²) in [7, 11) is 0. The topological polar surface area (TPSA) is 61.4 Å². The Morgan fingerprint density at radius 1 is 1.36 bits per heavy atom. The van der Waals surface area contributed by atoms with E-state index in [9.17, 15) is 9.90 Å². The van der Waals surface area contributed by atoms with Crippen LogP contribution in [-0.2, 0) is 4.79 Å². The van der Waals surface area contributed by atoms with Gasteiger partial charge < -0.3 is 15.7 Å². The molecule has 1 saturated heterocycles. The van der Waals surface area contributed by atoms with Crippen molar-refractivity contribution in [2.75, 3.05) is 6.54 Å². The molecule has 0 aromatic rings. The number of hydrogen-bond acceptors (Lipinski definition) is 3. The lowest BCUT2D eigenvalue weighted by Gasteiger charge is -2.31. The zero-order chi connectivity index (χ0) is 9.97. The van der Waals surface area contributed by atoms with E-state index in [1.54, 1.807) is 0 Å². The van der Waals surface area contributed by atoms with Gasteiger partial charge in [-0.1, -0.05) is 0 Å². The molecule has 4 nitrogen and oxygen atoms in total. The third-order valence-electron chi connectivity index (χ3n) is 3.13. The van der Waals surface area contributed by atoms with Crippen molar-refractivity contribution in [2.24, 2.45) is 0 Å². The number of rotatable bonds is 2. The summed E-state index contributed by atoms with van der Waals surface area (Å²) in [5.74, 6) is 0.107. The van der Waals surface area contributed by atoms with Crippen LogP contribution in [0, 0.1) is 0 Å². The molecule has 1 aliphatic heterocycles. The highest BCUT2D eigenvalue weighted by atomic mass is 16.3. The summed E-state index contributed by atoms with van der Waals surface area (Å²) >= 11 is 0. The van der Waals surface area contributed by atoms with Gasteiger partial charge in [0.15, 0.2) is 0 Å². The average Bonchev–Trinajstić information content (AvgIpc) is 1.99. The maximum absolute atomic E-state index is 11.5. The molecule has 14 heavy (non-hydrogen) atoms. The molecule has 3 atom stereocenters. The van der Waals surface area contributed by atoms with Gasteiger partial charge in [0.05, 0.1) is 12.1 Å². The third kappa shape index (κ3) is 2.25. The van der Waals surface area contributed by atoms with Gasteiger partial charge in [0, 0.05) is 6.04 Å². The molecule has 4 heteroatoms. The van der Waals surface area contributed by atoms with Crippen LogP contribution in [0.2, 0.25) is 0 Å². The van der Waals surface area contributed by atoms with Crippen LogP contribution in [-0.4, -0.2) is 35.7 Å². The van der Waals surface area contributed by atoms with Gasteiger partial charge in [0.1, 0.15) is 0 Å². The molecule has 1 heterocycles. The SMILES string of the molecule is O=C(NC1CCCC(O)C1)C1CCN1. The molecule has 1 saturated carbocycles. The van der Waals surface area contributed by atoms with E-state index in [-0.39, 0.29) is 24.1 Å². The molecular weight excluding hydrogens is 180 g/mol. The first-order chi connectivity index (χ1) is 6.75. The fraction of sp³-hybridized carbons (Fsp3) is 0.900. The molecule has 0 aromatic heterocycles. The van der Waals surface area contributed by atoms with Crippen molar-refractivity contribution in [3.05, 3.63) is 0 Å². The molecule has 0 aromatic carbocycles. The third-order valence-corrected chi connectivity index (χ3v) is 3.13. The fourth-order valence-corrected chi connectivity index (χ4v) is 2.11. The molecule has 2 aliphatic rings. The molecule has 0 spiro atoms. The van der Waals surface area contributed by atoms with Crippen molar-refractivity contribution in [2.45, 2.75) is 50.3 Å². The molecule has 80 valence electrons. The van der Waals surface area contributed by atoms with Crippen LogP contribution in [0.15, 0.2) is 0 Å². The molecule has 0 bridgehead atoms. The molecule has 1 amide bonds. The summed E-state index contributed by atoms with van der Waals surface area (Å²) in [4.78, 5) is 11.5. The Hall–Kier alpha value is -0.610. The van der Waals surface area contributed by atoms with Crippen LogP contribution in [0.3, 0.4) is 0 Å². The molecule has 3 unspecified atom stereocenters. The van der Waals surface area contributed by atoms with Crippen LogP contribution in [0.25, 0.3) is 0 Å². The first kappa shape index (κ1) is 9.93. The van der Waals surface area contributed by atoms with Crippen molar-refractivity contribution in [1.82, 2.24) is 10.6 Å². The Morgan fingerprint density at radius 3 is 2.71 bits per heavy atom. The van der Waals surface area contributed by atoms with E-state index in [2.05, 4.69) is 10.6 Å². The monoisotopic (exact) mass is 198 g/mol. The minimum absolute atomic E-state index is 0.0223. The molecule has 1 aliphatic carbocycles. The summed E-state index contributed by atoms with van der Waals surface area (Å²) in [6.45, 7) is 0.950. The van der Waals surface area contributed by atoms with Crippen molar-refractivity contribution in [1.29, 1.82) is 0 Å². The van der Waals surface area contributed by atoms with Crippen molar-refractivity contribution in [3.63, 3.8) is 0 Å². The van der Waals surface area contributed by atoms with E-state index < -0.39 is 0 Å². The first-order valence-corrected chi connectivity index (χ1v) is 5.47. The van der Waals surface area contributed by atoms with E-state index in [1.165, 1.54) is 0 Å². The van der Waals surface area contributed by atoms with Gasteiger partial charge in [-0.05, 0) is 38.6 Å². The van der Waals surface area contributed by atoms with Gasteiger partial charge in [-0.15, -0.1) is 0 Å². The largest absolute Gasteiger partial charge is 0.393 e. The zero-order valence-corrected chi connectivity index (χ0v) is 8.33. The van der Waals surface area contributed by atoms with Crippen molar-refractivity contribution >= 4 is 5.91 Å². The standard InChI is InChI=1S/C10H18N2O2/c13-8-3-1-2-7(6-8)12-10(14)9-4-5-11-9/h7-9,11,13H,1-6H2,(H,12,14). The van der Waals surface area contributed by atoms with Crippen LogP contribution in [0.5, 0.6) is 0 Å². The zero-order valence-electron chi connectivity index (χ0n) is 8.33. The summed E-state index contributed by atoms with van der Waals surface area (Å²) < 4.78 is 0. The van der Waals surface area contributed by atoms with Gasteiger partial charge in [0.25, 0.3) is 0 Å². The van der Waals surface area contributed by atoms with E-state index in [4.69, 9.17) is 0 Å². The van der Waals surface area contributed by atoms with Crippen LogP contribution in [0.1, 0.15) is 32.1 Å². The second kappa shape index (κ2) is 4.28. The van der Waals surface area contributed by atoms with E-state index in [0.29, 0.717) is 0 Å². The van der Waals surface area contributed by atoms with Crippen LogP contribution >= 0.6 is 0 Å². The number of carbonyl (C=O) groups is 1. The summed E-state index contributed by atoms with van der Waals surface area (Å²) in [5.41, 5.74) is 0. The first-order valence-electron chi connectivity index (χ1n) is 5.47. The predicted molar refractivity (Wildman–Crippen MR) is 52.8 cm³/mol. The number of hydrogen-bond donors (Lipinski definition) is 3. The van der Waals surface area contributed by atoms with Gasteiger partial charge in [-0.2, -0.15) is 0 Å². The molecule has 3 N–H and O–H groups in total. The second-order valence-electron chi connectivity index (χ2n) is 4.32. The lowest BCUT2D eigenvalue weighted by atomic mass is 9.92. The van der Waals surface area contributed by atoms with Crippen LogP contribution < -0.4 is 10.6 Å². The Balaban J connectivity index is 1.75. The summed E-state index contributed by atoms with van der Waals surface area (Å²) in [5, 5.41) is 15.5. The maximum Gasteiger partial charge on any atom is 0.237 e. The Kier molecular flexibility index (Phi) is 3.03. The molecule has 2 fully saturated rings. The number of carbonyl (C=O) groups excluding carboxylic acids is 1. The highest BCUT2D eigenvalue weighted by Crippen LogP contribution is 2.18. The Morgan fingerprint density at radius 2 is 2.14 bits per heavy atom. The summed E-state index contributed by atoms with van der Waals surface area (Å²) in [6, 6.07) is 0.211. The van der Waals surface area contributed by atoms with E-state index in [0.717, 1.165) is 38.6 Å². The molecule has 0 radical (unpaired) electrons. The second-order valence-corrected chi connectivity index (χ2v) is 4.32. The molecule has 2 rings (SSSR count). The number of amides is 1. The number of aliphatic hydroxyl groups is 1. The lowest BCUT2D eigenvalue weighted by molar-refractivity contribution is -0.125. The van der Waals surface area contributed by atoms with E-state index >= 15 is 0 Å². The van der Waals surface area contributed by atoms with Crippen molar-refractivity contribution in [3.8, 4) is 0 Å². The Bertz CT molecular complexity index is 216. The fourth-order valence-electron chi connectivity index (χ4n) is 2.11. The molecular formula is C10H18N2O2. The lowest BCUT2D eigenvalue weighted by Crippen LogP contribution is -2.55. The highest BCUT2D eigenvalue weighted by molar-refractivity contribution is 5.82. The maximum atomic E-state index is 11.5. The summed E-state index contributed by atoms with van der Waals surface area (Å²) in [6.07, 6.45) is 4.36. The average molecular weight is 198 g/mol. The quantitative estimate of drug-likeness (QED) is 0.574. The number of aliphatic hydroxyl groups excluding tert-OH is 1. The van der Waals surface area contributed by atoms with Crippen LogP contribution in [0.4, 0.5) is 0 Å². The minimum Gasteiger partial charge on any atom is -0.393 e. The Labute approximate surface area is 84.1 Å².